The van der Waals surface area contributed by atoms with Crippen LogP contribution < -0.4 is 5.73 Å². The van der Waals surface area contributed by atoms with Crippen molar-refractivity contribution in [1.29, 1.82) is 0 Å². The van der Waals surface area contributed by atoms with Crippen molar-refractivity contribution in [2.75, 3.05) is 6.61 Å². The largest absolute Gasteiger partial charge is 0.395 e. The number of nitrogens with zero attached hydrogens (tertiary/aromatic N) is 2. The number of aliphatic hydroxyl groups excluding tert-OH is 1. The molecular formula is C9H16ClN3O. The van der Waals surface area contributed by atoms with Gasteiger partial charge in [-0.05, 0) is 6.42 Å². The number of hydrogen-bond acceptors (Lipinski definition) is 3. The van der Waals surface area contributed by atoms with E-state index in [9.17, 15) is 0 Å². The van der Waals surface area contributed by atoms with Gasteiger partial charge in [-0.3, -0.25) is 4.68 Å². The first-order valence-electron chi connectivity index (χ1n) is 4.66. The Morgan fingerprint density at radius 3 is 2.71 bits per heavy atom. The zero-order chi connectivity index (χ0) is 10.7. The number of aliphatic hydroxyl groups is 1. The van der Waals surface area contributed by atoms with Crippen LogP contribution in [-0.4, -0.2) is 27.5 Å². The first kappa shape index (κ1) is 11.5. The number of aryl methyl sites for hydroxylation is 2. The molecule has 80 valence electrons. The van der Waals surface area contributed by atoms with Gasteiger partial charge in [-0.1, -0.05) is 18.5 Å². The average molecular weight is 218 g/mol. The normalized spacial score (nSPS) is 13.2. The number of halogens is 1. The average Bonchev–Trinajstić information content (AvgIpc) is 2.44. The van der Waals surface area contributed by atoms with Crippen LogP contribution in [0.4, 0.5) is 0 Å². The van der Waals surface area contributed by atoms with Crippen LogP contribution >= 0.6 is 11.6 Å². The molecule has 1 atom stereocenters. The highest BCUT2D eigenvalue weighted by atomic mass is 35.5. The van der Waals surface area contributed by atoms with Crippen LogP contribution in [0, 0.1) is 0 Å². The van der Waals surface area contributed by atoms with Gasteiger partial charge in [-0.15, -0.1) is 0 Å². The van der Waals surface area contributed by atoms with Crippen molar-refractivity contribution in [2.45, 2.75) is 25.8 Å². The molecule has 0 aliphatic heterocycles. The van der Waals surface area contributed by atoms with E-state index in [1.54, 1.807) is 4.68 Å². The molecule has 0 bridgehead atoms. The van der Waals surface area contributed by atoms with Crippen LogP contribution in [0.15, 0.2) is 0 Å². The molecule has 1 rings (SSSR count). The van der Waals surface area contributed by atoms with Gasteiger partial charge in [-0.2, -0.15) is 5.10 Å². The van der Waals surface area contributed by atoms with Gasteiger partial charge in [0.05, 0.1) is 23.0 Å². The van der Waals surface area contributed by atoms with Gasteiger partial charge in [0.1, 0.15) is 0 Å². The van der Waals surface area contributed by atoms with Crippen molar-refractivity contribution in [3.63, 3.8) is 0 Å². The second kappa shape index (κ2) is 4.77. The van der Waals surface area contributed by atoms with Crippen molar-refractivity contribution in [1.82, 2.24) is 9.78 Å². The van der Waals surface area contributed by atoms with Crippen LogP contribution in [0.25, 0.3) is 0 Å². The molecule has 1 aromatic rings. The molecule has 0 spiro atoms. The fourth-order valence-electron chi connectivity index (χ4n) is 1.35. The highest BCUT2D eigenvalue weighted by Gasteiger charge is 2.15. The van der Waals surface area contributed by atoms with Crippen molar-refractivity contribution in [2.24, 2.45) is 12.8 Å². The Balaban J connectivity index is 2.90. The molecule has 5 heteroatoms. The summed E-state index contributed by atoms with van der Waals surface area (Å²) in [6.45, 7) is 1.97. The predicted octanol–water partition coefficient (Wildman–Crippen LogP) is 0.498. The van der Waals surface area contributed by atoms with E-state index in [0.717, 1.165) is 17.8 Å². The molecule has 0 aliphatic carbocycles. The number of hydrogen-bond donors (Lipinski definition) is 2. The minimum absolute atomic E-state index is 0.0387. The summed E-state index contributed by atoms with van der Waals surface area (Å²) in [7, 11) is 1.84. The SMILES string of the molecule is CCc1nn(C)c(CC(N)CO)c1Cl. The molecule has 3 N–H and O–H groups in total. The predicted molar refractivity (Wildman–Crippen MR) is 56.4 cm³/mol. The fraction of sp³-hybridized carbons (Fsp3) is 0.667. The zero-order valence-corrected chi connectivity index (χ0v) is 9.25. The van der Waals surface area contributed by atoms with Gasteiger partial charge < -0.3 is 10.8 Å². The number of aromatic nitrogens is 2. The zero-order valence-electron chi connectivity index (χ0n) is 8.50. The lowest BCUT2D eigenvalue weighted by atomic mass is 10.1. The topological polar surface area (TPSA) is 64.1 Å². The van der Waals surface area contributed by atoms with E-state index in [2.05, 4.69) is 5.10 Å². The summed E-state index contributed by atoms with van der Waals surface area (Å²) >= 11 is 6.11. The monoisotopic (exact) mass is 217 g/mol. The smallest absolute Gasteiger partial charge is 0.0850 e. The molecule has 0 radical (unpaired) electrons. The van der Waals surface area contributed by atoms with E-state index < -0.39 is 0 Å². The lowest BCUT2D eigenvalue weighted by molar-refractivity contribution is 0.264. The third-order valence-electron chi connectivity index (χ3n) is 2.19. The van der Waals surface area contributed by atoms with E-state index in [0.29, 0.717) is 11.4 Å². The van der Waals surface area contributed by atoms with Gasteiger partial charge in [0, 0.05) is 19.5 Å². The van der Waals surface area contributed by atoms with Gasteiger partial charge in [0.2, 0.25) is 0 Å². The summed E-state index contributed by atoms with van der Waals surface area (Å²) in [6.07, 6.45) is 1.36. The van der Waals surface area contributed by atoms with E-state index in [-0.39, 0.29) is 12.6 Å². The minimum atomic E-state index is -0.271. The summed E-state index contributed by atoms with van der Waals surface area (Å²) in [6, 6.07) is -0.271. The molecule has 1 heterocycles. The van der Waals surface area contributed by atoms with Crippen LogP contribution in [0.1, 0.15) is 18.3 Å². The maximum atomic E-state index is 8.84. The van der Waals surface area contributed by atoms with E-state index >= 15 is 0 Å². The molecule has 1 aromatic heterocycles. The Morgan fingerprint density at radius 2 is 2.29 bits per heavy atom. The molecule has 14 heavy (non-hydrogen) atoms. The fourth-order valence-corrected chi connectivity index (χ4v) is 1.73. The van der Waals surface area contributed by atoms with Crippen LogP contribution in [0.5, 0.6) is 0 Å². The summed E-state index contributed by atoms with van der Waals surface area (Å²) in [4.78, 5) is 0. The van der Waals surface area contributed by atoms with E-state index in [1.165, 1.54) is 0 Å². The third kappa shape index (κ3) is 2.26. The third-order valence-corrected chi connectivity index (χ3v) is 2.63. The standard InChI is InChI=1S/C9H16ClN3O/c1-3-7-9(10)8(13(2)12-7)4-6(11)5-14/h6,14H,3-5,11H2,1-2H3. The van der Waals surface area contributed by atoms with Gasteiger partial charge >= 0.3 is 0 Å². The maximum Gasteiger partial charge on any atom is 0.0850 e. The lowest BCUT2D eigenvalue weighted by Gasteiger charge is -2.08. The highest BCUT2D eigenvalue weighted by molar-refractivity contribution is 6.31. The van der Waals surface area contributed by atoms with Gasteiger partial charge in [0.25, 0.3) is 0 Å². The quantitative estimate of drug-likeness (QED) is 0.772. The molecule has 0 saturated carbocycles. The number of nitrogens with two attached hydrogens (primary N) is 1. The molecule has 0 amide bonds. The molecule has 0 fully saturated rings. The lowest BCUT2D eigenvalue weighted by Crippen LogP contribution is -2.28. The highest BCUT2D eigenvalue weighted by Crippen LogP contribution is 2.21. The summed E-state index contributed by atoms with van der Waals surface area (Å²) in [5.41, 5.74) is 7.42. The van der Waals surface area contributed by atoms with Crippen molar-refractivity contribution in [3.05, 3.63) is 16.4 Å². The Hall–Kier alpha value is -0.580. The van der Waals surface area contributed by atoms with Crippen molar-refractivity contribution < 1.29 is 5.11 Å². The summed E-state index contributed by atoms with van der Waals surface area (Å²) in [5.74, 6) is 0. The molecule has 1 unspecified atom stereocenters. The van der Waals surface area contributed by atoms with Gasteiger partial charge in [-0.25, -0.2) is 0 Å². The van der Waals surface area contributed by atoms with Crippen LogP contribution in [0.2, 0.25) is 5.02 Å². The molecule has 0 aliphatic rings. The molecule has 4 nitrogen and oxygen atoms in total. The van der Waals surface area contributed by atoms with Crippen LogP contribution in [-0.2, 0) is 19.9 Å². The Kier molecular flexibility index (Phi) is 3.92. The van der Waals surface area contributed by atoms with E-state index in [4.69, 9.17) is 22.4 Å². The van der Waals surface area contributed by atoms with Gasteiger partial charge in [0.15, 0.2) is 0 Å². The maximum absolute atomic E-state index is 8.84. The first-order valence-corrected chi connectivity index (χ1v) is 5.04. The second-order valence-corrected chi connectivity index (χ2v) is 3.71. The number of rotatable bonds is 4. The Morgan fingerprint density at radius 1 is 1.64 bits per heavy atom. The second-order valence-electron chi connectivity index (χ2n) is 3.33. The Labute approximate surface area is 88.7 Å². The first-order chi connectivity index (χ1) is 6.60. The molecule has 0 aromatic carbocycles. The minimum Gasteiger partial charge on any atom is -0.395 e. The summed E-state index contributed by atoms with van der Waals surface area (Å²) < 4.78 is 1.73. The van der Waals surface area contributed by atoms with Crippen molar-refractivity contribution in [3.8, 4) is 0 Å². The molecular weight excluding hydrogens is 202 g/mol. The van der Waals surface area contributed by atoms with E-state index in [1.807, 2.05) is 14.0 Å². The van der Waals surface area contributed by atoms with Crippen molar-refractivity contribution >= 4 is 11.6 Å². The molecule has 0 saturated heterocycles. The Bertz CT molecular complexity index is 311. The van der Waals surface area contributed by atoms with Crippen LogP contribution in [0.3, 0.4) is 0 Å². The summed E-state index contributed by atoms with van der Waals surface area (Å²) in [5, 5.41) is 13.8.